The number of rotatable bonds is 1. The Morgan fingerprint density at radius 2 is 2.29 bits per heavy atom. The number of Topliss-reactive ketones (excluding diaryl/α,β-unsaturated/α-hetero) is 1. The fraction of sp³-hybridized carbons (Fsp3) is 0.800. The van der Waals surface area contributed by atoms with Gasteiger partial charge in [-0.05, 0) is 13.3 Å². The Labute approximate surface area is 41.5 Å². The van der Waals surface area contributed by atoms with Gasteiger partial charge in [0.15, 0.2) is 0 Å². The summed E-state index contributed by atoms with van der Waals surface area (Å²) in [6.45, 7) is 1.43. The van der Waals surface area contributed by atoms with Gasteiger partial charge in [0.05, 0.1) is 5.92 Å². The SMILES string of the molecule is CC(=O)[C@H]1C[C@H]1F. The predicted molar refractivity (Wildman–Crippen MR) is 23.7 cm³/mol. The first-order valence-electron chi connectivity index (χ1n) is 2.36. The lowest BCUT2D eigenvalue weighted by molar-refractivity contribution is -0.118. The van der Waals surface area contributed by atoms with Crippen molar-refractivity contribution in [3.05, 3.63) is 0 Å². The molecule has 0 spiro atoms. The summed E-state index contributed by atoms with van der Waals surface area (Å²) in [6, 6.07) is 0. The molecule has 1 saturated carbocycles. The first-order valence-corrected chi connectivity index (χ1v) is 2.36. The van der Waals surface area contributed by atoms with Crippen molar-refractivity contribution in [3.8, 4) is 0 Å². The van der Waals surface area contributed by atoms with Crippen LogP contribution in [-0.4, -0.2) is 12.0 Å². The molecule has 0 radical (unpaired) electrons. The van der Waals surface area contributed by atoms with E-state index in [2.05, 4.69) is 0 Å². The molecule has 0 heterocycles. The maximum absolute atomic E-state index is 11.8. The molecule has 1 aliphatic rings. The van der Waals surface area contributed by atoms with E-state index in [0.717, 1.165) is 0 Å². The van der Waals surface area contributed by atoms with Gasteiger partial charge in [-0.1, -0.05) is 0 Å². The molecule has 1 aliphatic carbocycles. The van der Waals surface area contributed by atoms with Crippen molar-refractivity contribution in [3.63, 3.8) is 0 Å². The van der Waals surface area contributed by atoms with Crippen LogP contribution in [0.5, 0.6) is 0 Å². The molecule has 2 heteroatoms. The van der Waals surface area contributed by atoms with Crippen LogP contribution in [-0.2, 0) is 4.79 Å². The van der Waals surface area contributed by atoms with Gasteiger partial charge in [0, 0.05) is 0 Å². The molecule has 2 atom stereocenters. The third-order valence-electron chi connectivity index (χ3n) is 1.23. The molecular weight excluding hydrogens is 95.1 g/mol. The number of alkyl halides is 1. The van der Waals surface area contributed by atoms with Gasteiger partial charge in [-0.15, -0.1) is 0 Å². The quantitative estimate of drug-likeness (QED) is 0.481. The van der Waals surface area contributed by atoms with Crippen molar-refractivity contribution in [2.24, 2.45) is 5.92 Å². The molecule has 1 fully saturated rings. The van der Waals surface area contributed by atoms with E-state index in [1.54, 1.807) is 0 Å². The lowest BCUT2D eigenvalue weighted by Crippen LogP contribution is -1.93. The maximum atomic E-state index is 11.8. The molecule has 1 rings (SSSR count). The van der Waals surface area contributed by atoms with Crippen LogP contribution in [0.15, 0.2) is 0 Å². The van der Waals surface area contributed by atoms with Crippen LogP contribution in [0.4, 0.5) is 4.39 Å². The largest absolute Gasteiger partial charge is 0.300 e. The molecule has 0 saturated heterocycles. The van der Waals surface area contributed by atoms with Gasteiger partial charge in [0.2, 0.25) is 0 Å². The summed E-state index contributed by atoms with van der Waals surface area (Å²) in [4.78, 5) is 10.2. The third kappa shape index (κ3) is 0.787. The summed E-state index contributed by atoms with van der Waals surface area (Å²) in [5.74, 6) is -0.243. The van der Waals surface area contributed by atoms with Crippen molar-refractivity contribution in [1.82, 2.24) is 0 Å². The highest BCUT2D eigenvalue weighted by molar-refractivity contribution is 5.81. The molecular formula is C5H7FO. The maximum Gasteiger partial charge on any atom is 0.135 e. The minimum absolute atomic E-state index is 0.00694. The summed E-state index contributed by atoms with van der Waals surface area (Å²) < 4.78 is 11.8. The second kappa shape index (κ2) is 1.29. The molecule has 0 aliphatic heterocycles. The number of ketones is 1. The highest BCUT2D eigenvalue weighted by Gasteiger charge is 2.40. The van der Waals surface area contributed by atoms with Gasteiger partial charge in [-0.3, -0.25) is 4.79 Å². The average Bonchev–Trinajstić information content (AvgIpc) is 2.17. The van der Waals surface area contributed by atoms with Gasteiger partial charge in [-0.2, -0.15) is 0 Å². The molecule has 40 valence electrons. The average molecular weight is 102 g/mol. The van der Waals surface area contributed by atoms with Crippen molar-refractivity contribution in [1.29, 1.82) is 0 Å². The van der Waals surface area contributed by atoms with Gasteiger partial charge < -0.3 is 0 Å². The van der Waals surface area contributed by atoms with E-state index in [1.807, 2.05) is 0 Å². The molecule has 0 N–H and O–H groups in total. The number of carbonyl (C=O) groups is 1. The molecule has 0 aromatic rings. The van der Waals surface area contributed by atoms with Crippen LogP contribution in [0.2, 0.25) is 0 Å². The summed E-state index contributed by atoms with van der Waals surface area (Å²) in [6.07, 6.45) is -0.340. The summed E-state index contributed by atoms with van der Waals surface area (Å²) in [7, 11) is 0. The lowest BCUT2D eigenvalue weighted by atomic mass is 10.3. The second-order valence-corrected chi connectivity index (χ2v) is 1.97. The van der Waals surface area contributed by atoms with Gasteiger partial charge in [0.25, 0.3) is 0 Å². The fourth-order valence-electron chi connectivity index (χ4n) is 0.585. The Morgan fingerprint density at radius 1 is 1.86 bits per heavy atom. The second-order valence-electron chi connectivity index (χ2n) is 1.97. The normalized spacial score (nSPS) is 38.0. The first kappa shape index (κ1) is 4.75. The van der Waals surface area contributed by atoms with Crippen LogP contribution < -0.4 is 0 Å². The molecule has 1 nitrogen and oxygen atoms in total. The summed E-state index contributed by atoms with van der Waals surface area (Å²) in [5, 5.41) is 0. The Bertz CT molecular complexity index is 100. The van der Waals surface area contributed by atoms with Crippen molar-refractivity contribution in [2.75, 3.05) is 0 Å². The Balaban J connectivity index is 2.33. The Kier molecular flexibility index (Phi) is 0.873. The number of hydrogen-bond donors (Lipinski definition) is 0. The highest BCUT2D eigenvalue weighted by Crippen LogP contribution is 2.33. The van der Waals surface area contributed by atoms with Gasteiger partial charge in [-0.25, -0.2) is 4.39 Å². The minimum Gasteiger partial charge on any atom is -0.300 e. The zero-order valence-corrected chi connectivity index (χ0v) is 4.15. The number of hydrogen-bond acceptors (Lipinski definition) is 1. The van der Waals surface area contributed by atoms with Crippen LogP contribution in [0.3, 0.4) is 0 Å². The smallest absolute Gasteiger partial charge is 0.135 e. The van der Waals surface area contributed by atoms with E-state index in [0.29, 0.717) is 6.42 Å². The Hall–Kier alpha value is -0.400. The minimum atomic E-state index is -0.808. The van der Waals surface area contributed by atoms with Crippen molar-refractivity contribution >= 4 is 5.78 Å². The van der Waals surface area contributed by atoms with Crippen LogP contribution in [0, 0.1) is 5.92 Å². The van der Waals surface area contributed by atoms with Gasteiger partial charge >= 0.3 is 0 Å². The predicted octanol–water partition coefficient (Wildman–Crippen LogP) is 0.933. The molecule has 0 aromatic heterocycles. The zero-order valence-electron chi connectivity index (χ0n) is 4.15. The highest BCUT2D eigenvalue weighted by atomic mass is 19.1. The van der Waals surface area contributed by atoms with E-state index in [1.165, 1.54) is 6.92 Å². The van der Waals surface area contributed by atoms with Gasteiger partial charge in [0.1, 0.15) is 12.0 Å². The summed E-state index contributed by atoms with van der Waals surface area (Å²) in [5.41, 5.74) is 0. The molecule has 7 heavy (non-hydrogen) atoms. The zero-order chi connectivity index (χ0) is 5.44. The van der Waals surface area contributed by atoms with Crippen LogP contribution >= 0.6 is 0 Å². The molecule has 0 amide bonds. The van der Waals surface area contributed by atoms with E-state index in [4.69, 9.17) is 0 Å². The Morgan fingerprint density at radius 3 is 2.29 bits per heavy atom. The number of halogens is 1. The first-order chi connectivity index (χ1) is 3.22. The van der Waals surface area contributed by atoms with E-state index in [-0.39, 0.29) is 11.7 Å². The molecule has 0 unspecified atom stereocenters. The molecule has 0 bridgehead atoms. The topological polar surface area (TPSA) is 17.1 Å². The van der Waals surface area contributed by atoms with Crippen LogP contribution in [0.1, 0.15) is 13.3 Å². The van der Waals surface area contributed by atoms with Crippen LogP contribution in [0.25, 0.3) is 0 Å². The molecule has 0 aromatic carbocycles. The van der Waals surface area contributed by atoms with Crippen molar-refractivity contribution < 1.29 is 9.18 Å². The summed E-state index contributed by atoms with van der Waals surface area (Å²) >= 11 is 0. The third-order valence-corrected chi connectivity index (χ3v) is 1.23. The number of carbonyl (C=O) groups excluding carboxylic acids is 1. The lowest BCUT2D eigenvalue weighted by Gasteiger charge is -1.78. The van der Waals surface area contributed by atoms with E-state index >= 15 is 0 Å². The monoisotopic (exact) mass is 102 g/mol. The van der Waals surface area contributed by atoms with E-state index < -0.39 is 6.17 Å². The van der Waals surface area contributed by atoms with E-state index in [9.17, 15) is 9.18 Å². The van der Waals surface area contributed by atoms with Crippen molar-refractivity contribution in [2.45, 2.75) is 19.5 Å². The fourth-order valence-corrected chi connectivity index (χ4v) is 0.585. The standard InChI is InChI=1S/C5H7FO/c1-3(7)4-2-5(4)6/h4-5H,2H2,1H3/t4-,5-/m1/s1.